The maximum atomic E-state index is 13.8. The lowest BCUT2D eigenvalue weighted by molar-refractivity contribution is -0.176. The average Bonchev–Trinajstić information content (AvgIpc) is 3.29. The maximum Gasteiger partial charge on any atom is 0.338 e. The number of benzene rings is 2. The van der Waals surface area contributed by atoms with Crippen LogP contribution >= 0.6 is 15.9 Å². The Bertz CT molecular complexity index is 1170. The van der Waals surface area contributed by atoms with Crippen LogP contribution in [0.3, 0.4) is 0 Å². The van der Waals surface area contributed by atoms with E-state index in [2.05, 4.69) is 15.9 Å². The number of carbonyl (C=O) groups excluding carboxylic acids is 4. The zero-order chi connectivity index (χ0) is 23.5. The second-order valence-corrected chi connectivity index (χ2v) is 9.25. The van der Waals surface area contributed by atoms with Crippen molar-refractivity contribution in [1.82, 2.24) is 4.90 Å². The van der Waals surface area contributed by atoms with Gasteiger partial charge in [0.2, 0.25) is 17.4 Å². The van der Waals surface area contributed by atoms with Gasteiger partial charge in [0, 0.05) is 17.1 Å². The number of esters is 2. The summed E-state index contributed by atoms with van der Waals surface area (Å²) < 4.78 is 11.0. The van der Waals surface area contributed by atoms with Gasteiger partial charge in [0.25, 0.3) is 0 Å². The van der Waals surface area contributed by atoms with Crippen molar-refractivity contribution in [3.05, 3.63) is 64.1 Å². The molecule has 0 N–H and O–H groups in total. The largest absolute Gasteiger partial charge is 0.467 e. The predicted octanol–water partition coefficient (Wildman–Crippen LogP) is 2.25. The van der Waals surface area contributed by atoms with E-state index in [1.165, 1.54) is 14.2 Å². The summed E-state index contributed by atoms with van der Waals surface area (Å²) >= 11 is 3.49. The first-order chi connectivity index (χ1) is 15.9. The molecule has 0 radical (unpaired) electrons. The van der Waals surface area contributed by atoms with Crippen LogP contribution in [0.25, 0.3) is 0 Å². The molecule has 5 rings (SSSR count). The molecular weight excluding hydrogens is 492 g/mol. The molecule has 9 heteroatoms. The molecule has 2 fully saturated rings. The zero-order valence-electron chi connectivity index (χ0n) is 18.0. The third-order valence-electron chi connectivity index (χ3n) is 6.99. The van der Waals surface area contributed by atoms with Crippen molar-refractivity contribution < 1.29 is 28.7 Å². The van der Waals surface area contributed by atoms with Crippen molar-refractivity contribution in [2.24, 2.45) is 11.8 Å². The fourth-order valence-electron chi connectivity index (χ4n) is 5.74. The van der Waals surface area contributed by atoms with Crippen LogP contribution < -0.4 is 4.90 Å². The molecule has 8 nitrogen and oxygen atoms in total. The molecule has 3 heterocycles. The van der Waals surface area contributed by atoms with Gasteiger partial charge in [0.05, 0.1) is 31.7 Å². The van der Waals surface area contributed by atoms with Gasteiger partial charge in [0.15, 0.2) is 0 Å². The molecule has 2 aromatic carbocycles. The summed E-state index contributed by atoms with van der Waals surface area (Å²) in [5.74, 6) is -5.10. The summed E-state index contributed by atoms with van der Waals surface area (Å²) in [6, 6.07) is 13.6. The number of carbonyl (C=O) groups is 4. The molecule has 3 atom stereocenters. The lowest BCUT2D eigenvalue weighted by Gasteiger charge is -2.42. The van der Waals surface area contributed by atoms with Crippen molar-refractivity contribution in [3.8, 4) is 0 Å². The number of hydrogen-bond donors (Lipinski definition) is 0. The molecule has 2 amide bonds. The van der Waals surface area contributed by atoms with E-state index in [1.807, 2.05) is 18.2 Å². The lowest BCUT2D eigenvalue weighted by atomic mass is 9.79. The van der Waals surface area contributed by atoms with Crippen LogP contribution in [-0.2, 0) is 35.1 Å². The van der Waals surface area contributed by atoms with Gasteiger partial charge in [0.1, 0.15) is 0 Å². The number of para-hydroxylation sites is 1. The molecule has 0 spiro atoms. The Morgan fingerprint density at radius 2 is 1.67 bits per heavy atom. The summed E-state index contributed by atoms with van der Waals surface area (Å²) in [6.45, 7) is 0.294. The Hall–Kier alpha value is -3.04. The van der Waals surface area contributed by atoms with E-state index < -0.39 is 47.2 Å². The topological polar surface area (TPSA) is 93.2 Å². The Kier molecular flexibility index (Phi) is 5.13. The van der Waals surface area contributed by atoms with Gasteiger partial charge >= 0.3 is 11.9 Å². The Balaban J connectivity index is 1.78. The van der Waals surface area contributed by atoms with Gasteiger partial charge in [-0.2, -0.15) is 0 Å². The van der Waals surface area contributed by atoms with E-state index in [-0.39, 0.29) is 0 Å². The van der Waals surface area contributed by atoms with Crippen molar-refractivity contribution in [2.45, 2.75) is 18.0 Å². The van der Waals surface area contributed by atoms with E-state index in [0.29, 0.717) is 18.7 Å². The molecule has 1 unspecified atom stereocenters. The summed E-state index contributed by atoms with van der Waals surface area (Å²) in [5.41, 5.74) is 0.135. The number of methoxy groups -OCH3 is 2. The molecule has 33 heavy (non-hydrogen) atoms. The molecule has 2 aromatic rings. The smallest absolute Gasteiger partial charge is 0.338 e. The van der Waals surface area contributed by atoms with Crippen LogP contribution in [-0.4, -0.2) is 55.0 Å². The molecule has 0 aliphatic carbocycles. The highest BCUT2D eigenvalue weighted by atomic mass is 79.9. The molecule has 3 aliphatic rings. The van der Waals surface area contributed by atoms with E-state index in [1.54, 1.807) is 35.2 Å². The number of hydrogen-bond acceptors (Lipinski definition) is 7. The predicted molar refractivity (Wildman–Crippen MR) is 120 cm³/mol. The quantitative estimate of drug-likeness (QED) is 0.353. The molecule has 0 aromatic heterocycles. The van der Waals surface area contributed by atoms with Crippen LogP contribution in [0.1, 0.15) is 17.2 Å². The standard InChI is InChI=1S/C24H21BrN2O6/c1-32-22(30)24(23(31)33-2)18-17(20(28)27(21(18)29)15-6-4-3-5-7-15)19-16-12-14(25)9-8-13(16)10-11-26(19)24/h3-9,12,17-19H,10-11H2,1-2H3/t17-,18-,19?/m1/s1. The average molecular weight is 513 g/mol. The maximum absolute atomic E-state index is 13.8. The number of nitrogens with zero attached hydrogens (tertiary/aromatic N) is 2. The van der Waals surface area contributed by atoms with Crippen LogP contribution in [0.4, 0.5) is 5.69 Å². The third kappa shape index (κ3) is 2.78. The number of halogens is 1. The SMILES string of the molecule is COC(=O)C1(C(=O)OC)[C@H]2C(=O)N(c3ccccc3)C(=O)[C@H]2C2c3cc(Br)ccc3CCN21. The first-order valence-electron chi connectivity index (χ1n) is 10.5. The third-order valence-corrected chi connectivity index (χ3v) is 7.48. The first kappa shape index (κ1) is 21.8. The van der Waals surface area contributed by atoms with Crippen LogP contribution in [0.15, 0.2) is 53.0 Å². The van der Waals surface area contributed by atoms with E-state index in [9.17, 15) is 19.2 Å². The minimum Gasteiger partial charge on any atom is -0.467 e. The van der Waals surface area contributed by atoms with Crippen molar-refractivity contribution in [1.29, 1.82) is 0 Å². The molecule has 0 bridgehead atoms. The highest BCUT2D eigenvalue weighted by molar-refractivity contribution is 9.10. The number of amides is 2. The normalized spacial score (nSPS) is 25.3. The number of imide groups is 1. The summed E-state index contributed by atoms with van der Waals surface area (Å²) in [7, 11) is 2.33. The highest BCUT2D eigenvalue weighted by Gasteiger charge is 2.77. The summed E-state index contributed by atoms with van der Waals surface area (Å²) in [5, 5.41) is 0. The molecule has 170 valence electrons. The zero-order valence-corrected chi connectivity index (χ0v) is 19.6. The van der Waals surface area contributed by atoms with E-state index in [4.69, 9.17) is 9.47 Å². The Labute approximate surface area is 198 Å². The monoisotopic (exact) mass is 512 g/mol. The molecule has 3 aliphatic heterocycles. The molecule has 0 saturated carbocycles. The van der Waals surface area contributed by atoms with Gasteiger partial charge in [-0.05, 0) is 41.8 Å². The number of ether oxygens (including phenoxy) is 2. The number of fused-ring (bicyclic) bond motifs is 5. The van der Waals surface area contributed by atoms with Gasteiger partial charge in [-0.15, -0.1) is 0 Å². The summed E-state index contributed by atoms with van der Waals surface area (Å²) in [4.78, 5) is 57.1. The fourth-order valence-corrected chi connectivity index (χ4v) is 6.12. The second kappa shape index (κ2) is 7.78. The number of anilines is 1. The fraction of sp³-hybridized carbons (Fsp3) is 0.333. The van der Waals surface area contributed by atoms with Crippen molar-refractivity contribution in [3.63, 3.8) is 0 Å². The Morgan fingerprint density at radius 1 is 1.00 bits per heavy atom. The minimum absolute atomic E-state index is 0.294. The Morgan fingerprint density at radius 3 is 2.30 bits per heavy atom. The van der Waals surface area contributed by atoms with Crippen molar-refractivity contribution >= 4 is 45.4 Å². The van der Waals surface area contributed by atoms with E-state index >= 15 is 0 Å². The van der Waals surface area contributed by atoms with Gasteiger partial charge in [-0.1, -0.05) is 40.2 Å². The van der Waals surface area contributed by atoms with Crippen LogP contribution in [0, 0.1) is 11.8 Å². The molecular formula is C24H21BrN2O6. The van der Waals surface area contributed by atoms with Gasteiger partial charge in [-0.3, -0.25) is 14.5 Å². The minimum atomic E-state index is -2.06. The van der Waals surface area contributed by atoms with Gasteiger partial charge < -0.3 is 9.47 Å². The lowest BCUT2D eigenvalue weighted by Crippen LogP contribution is -2.64. The second-order valence-electron chi connectivity index (χ2n) is 8.33. The highest BCUT2D eigenvalue weighted by Crippen LogP contribution is 2.58. The first-order valence-corrected chi connectivity index (χ1v) is 11.3. The summed E-state index contributed by atoms with van der Waals surface area (Å²) in [6.07, 6.45) is 0.541. The number of rotatable bonds is 3. The van der Waals surface area contributed by atoms with Gasteiger partial charge in [-0.25, -0.2) is 14.5 Å². The van der Waals surface area contributed by atoms with Crippen molar-refractivity contribution in [2.75, 3.05) is 25.7 Å². The van der Waals surface area contributed by atoms with Crippen LogP contribution in [0.5, 0.6) is 0 Å². The van der Waals surface area contributed by atoms with E-state index in [0.717, 1.165) is 20.5 Å². The van der Waals surface area contributed by atoms with Crippen LogP contribution in [0.2, 0.25) is 0 Å². The molecule has 2 saturated heterocycles.